The monoisotopic (exact) mass is 238 g/mol. The van der Waals surface area contributed by atoms with Crippen LogP contribution in [0, 0.1) is 12.8 Å². The van der Waals surface area contributed by atoms with Gasteiger partial charge in [-0.1, -0.05) is 24.3 Å². The first-order valence-electron chi connectivity index (χ1n) is 5.41. The third-order valence-corrected chi connectivity index (χ3v) is 3.39. The lowest BCUT2D eigenvalue weighted by Crippen LogP contribution is -2.17. The van der Waals surface area contributed by atoms with Crippen LogP contribution in [0.1, 0.15) is 17.5 Å². The number of carboxylic acids is 1. The Morgan fingerprint density at radius 1 is 1.44 bits per heavy atom. The van der Waals surface area contributed by atoms with Crippen molar-refractivity contribution in [1.29, 1.82) is 0 Å². The molecule has 1 aromatic carbocycles. The van der Waals surface area contributed by atoms with Crippen molar-refractivity contribution in [3.8, 4) is 0 Å². The van der Waals surface area contributed by atoms with Crippen LogP contribution >= 0.6 is 11.8 Å². The van der Waals surface area contributed by atoms with Gasteiger partial charge in [0.15, 0.2) is 0 Å². The fraction of sp³-hybridized carbons (Fsp3) is 0.462. The first-order valence-corrected chi connectivity index (χ1v) is 6.80. The first kappa shape index (κ1) is 13.1. The molecule has 0 fully saturated rings. The molecule has 0 aromatic heterocycles. The molecule has 0 saturated heterocycles. The molecule has 0 aliphatic heterocycles. The zero-order valence-electron chi connectivity index (χ0n) is 9.77. The van der Waals surface area contributed by atoms with Gasteiger partial charge in [0, 0.05) is 0 Å². The summed E-state index contributed by atoms with van der Waals surface area (Å²) in [6.07, 6.45) is 3.39. The highest BCUT2D eigenvalue weighted by Gasteiger charge is 2.17. The van der Waals surface area contributed by atoms with Crippen molar-refractivity contribution >= 4 is 17.7 Å². The summed E-state index contributed by atoms with van der Waals surface area (Å²) in [5.74, 6) is -0.0334. The van der Waals surface area contributed by atoms with Crippen molar-refractivity contribution in [3.63, 3.8) is 0 Å². The van der Waals surface area contributed by atoms with Gasteiger partial charge in [0.05, 0.1) is 5.92 Å². The predicted octanol–water partition coefficient (Wildman–Crippen LogP) is 2.99. The summed E-state index contributed by atoms with van der Waals surface area (Å²) in [7, 11) is 0. The van der Waals surface area contributed by atoms with E-state index in [1.807, 2.05) is 37.4 Å². The molecule has 0 amide bonds. The minimum atomic E-state index is -0.683. The van der Waals surface area contributed by atoms with Crippen molar-refractivity contribution in [2.24, 2.45) is 5.92 Å². The number of carboxylic acid groups (broad SMARTS) is 1. The van der Waals surface area contributed by atoms with E-state index in [9.17, 15) is 4.79 Å². The van der Waals surface area contributed by atoms with E-state index in [4.69, 9.17) is 5.11 Å². The van der Waals surface area contributed by atoms with E-state index in [2.05, 4.69) is 0 Å². The lowest BCUT2D eigenvalue weighted by molar-refractivity contribution is -0.141. The number of carbonyl (C=O) groups is 1. The van der Waals surface area contributed by atoms with Crippen LogP contribution in [-0.4, -0.2) is 23.1 Å². The van der Waals surface area contributed by atoms with Crippen LogP contribution < -0.4 is 0 Å². The average molecular weight is 238 g/mol. The zero-order chi connectivity index (χ0) is 12.0. The van der Waals surface area contributed by atoms with Crippen molar-refractivity contribution < 1.29 is 9.90 Å². The number of hydrogen-bond acceptors (Lipinski definition) is 2. The van der Waals surface area contributed by atoms with Gasteiger partial charge < -0.3 is 5.11 Å². The van der Waals surface area contributed by atoms with Crippen LogP contribution in [0.3, 0.4) is 0 Å². The molecule has 1 N–H and O–H groups in total. The molecule has 3 heteroatoms. The van der Waals surface area contributed by atoms with E-state index < -0.39 is 5.97 Å². The maximum atomic E-state index is 11.1. The molecule has 0 bridgehead atoms. The Labute approximate surface area is 101 Å². The molecular weight excluding hydrogens is 220 g/mol. The minimum Gasteiger partial charge on any atom is -0.481 e. The van der Waals surface area contributed by atoms with E-state index in [1.54, 1.807) is 11.8 Å². The van der Waals surface area contributed by atoms with Crippen LogP contribution in [0.25, 0.3) is 0 Å². The SMILES string of the molecule is CSCCC(Cc1ccccc1C)C(=O)O. The van der Waals surface area contributed by atoms with Crippen LogP contribution in [0.5, 0.6) is 0 Å². The summed E-state index contributed by atoms with van der Waals surface area (Å²) in [4.78, 5) is 11.1. The van der Waals surface area contributed by atoms with Crippen molar-refractivity contribution in [2.45, 2.75) is 19.8 Å². The third kappa shape index (κ3) is 3.89. The van der Waals surface area contributed by atoms with Gasteiger partial charge >= 0.3 is 5.97 Å². The van der Waals surface area contributed by atoms with Gasteiger partial charge in [-0.15, -0.1) is 0 Å². The molecule has 0 radical (unpaired) electrons. The van der Waals surface area contributed by atoms with Gasteiger partial charge in [-0.25, -0.2) is 0 Å². The topological polar surface area (TPSA) is 37.3 Å². The third-order valence-electron chi connectivity index (χ3n) is 2.75. The van der Waals surface area contributed by atoms with Gasteiger partial charge in [-0.2, -0.15) is 11.8 Å². The molecule has 0 aliphatic carbocycles. The molecular formula is C13H18O2S. The molecule has 0 aliphatic rings. The van der Waals surface area contributed by atoms with Crippen molar-refractivity contribution in [1.82, 2.24) is 0 Å². The van der Waals surface area contributed by atoms with E-state index >= 15 is 0 Å². The van der Waals surface area contributed by atoms with Crippen molar-refractivity contribution in [3.05, 3.63) is 35.4 Å². The summed E-state index contributed by atoms with van der Waals surface area (Å²) in [5, 5.41) is 9.14. The summed E-state index contributed by atoms with van der Waals surface area (Å²) < 4.78 is 0. The van der Waals surface area contributed by atoms with Crippen LogP contribution in [-0.2, 0) is 11.2 Å². The van der Waals surface area contributed by atoms with E-state index in [-0.39, 0.29) is 5.92 Å². The standard InChI is InChI=1S/C13H18O2S/c1-10-5-3-4-6-11(10)9-12(13(14)15)7-8-16-2/h3-6,12H,7-9H2,1-2H3,(H,14,15). The second-order valence-corrected chi connectivity index (χ2v) is 4.93. The molecule has 0 saturated carbocycles. The molecule has 0 spiro atoms. The zero-order valence-corrected chi connectivity index (χ0v) is 10.6. The quantitative estimate of drug-likeness (QED) is 0.828. The second-order valence-electron chi connectivity index (χ2n) is 3.95. The summed E-state index contributed by atoms with van der Waals surface area (Å²) in [6, 6.07) is 8.00. The van der Waals surface area contributed by atoms with Crippen LogP contribution in [0.4, 0.5) is 0 Å². The molecule has 16 heavy (non-hydrogen) atoms. The lowest BCUT2D eigenvalue weighted by atomic mass is 9.94. The number of aryl methyl sites for hydroxylation is 1. The van der Waals surface area contributed by atoms with Gasteiger partial charge in [-0.3, -0.25) is 4.79 Å². The highest BCUT2D eigenvalue weighted by atomic mass is 32.2. The average Bonchev–Trinajstić information content (AvgIpc) is 2.26. The Hall–Kier alpha value is -0.960. The Balaban J connectivity index is 2.68. The Morgan fingerprint density at radius 3 is 2.69 bits per heavy atom. The smallest absolute Gasteiger partial charge is 0.306 e. The fourth-order valence-corrected chi connectivity index (χ4v) is 2.20. The largest absolute Gasteiger partial charge is 0.481 e. The number of thioether (sulfide) groups is 1. The highest BCUT2D eigenvalue weighted by molar-refractivity contribution is 7.98. The number of rotatable bonds is 6. The number of hydrogen-bond donors (Lipinski definition) is 1. The van der Waals surface area contributed by atoms with E-state index in [1.165, 1.54) is 5.56 Å². The molecule has 1 aromatic rings. The number of aliphatic carboxylic acids is 1. The fourth-order valence-electron chi connectivity index (χ4n) is 1.68. The Kier molecular flexibility index (Phi) is 5.39. The Morgan fingerprint density at radius 2 is 2.12 bits per heavy atom. The lowest BCUT2D eigenvalue weighted by Gasteiger charge is -2.13. The maximum Gasteiger partial charge on any atom is 0.306 e. The minimum absolute atomic E-state index is 0.256. The van der Waals surface area contributed by atoms with Gasteiger partial charge in [0.1, 0.15) is 0 Å². The summed E-state index contributed by atoms with van der Waals surface area (Å²) >= 11 is 1.70. The maximum absolute atomic E-state index is 11.1. The summed E-state index contributed by atoms with van der Waals surface area (Å²) in [5.41, 5.74) is 2.33. The Bertz CT molecular complexity index is 350. The van der Waals surface area contributed by atoms with E-state index in [0.29, 0.717) is 6.42 Å². The molecule has 0 heterocycles. The molecule has 2 nitrogen and oxygen atoms in total. The van der Waals surface area contributed by atoms with Gasteiger partial charge in [0.25, 0.3) is 0 Å². The highest BCUT2D eigenvalue weighted by Crippen LogP contribution is 2.17. The molecule has 1 rings (SSSR count). The molecule has 1 atom stereocenters. The second kappa shape index (κ2) is 6.59. The van der Waals surface area contributed by atoms with Crippen molar-refractivity contribution in [2.75, 3.05) is 12.0 Å². The van der Waals surface area contributed by atoms with E-state index in [0.717, 1.165) is 17.7 Å². The molecule has 88 valence electrons. The van der Waals surface area contributed by atoms with Crippen LogP contribution in [0.15, 0.2) is 24.3 Å². The summed E-state index contributed by atoms with van der Waals surface area (Å²) in [6.45, 7) is 2.03. The van der Waals surface area contributed by atoms with Gasteiger partial charge in [0.2, 0.25) is 0 Å². The van der Waals surface area contributed by atoms with Gasteiger partial charge in [-0.05, 0) is 42.9 Å². The first-order chi connectivity index (χ1) is 7.65. The van der Waals surface area contributed by atoms with Crippen LogP contribution in [0.2, 0.25) is 0 Å². The number of benzene rings is 1. The molecule has 1 unspecified atom stereocenters. The predicted molar refractivity (Wildman–Crippen MR) is 69.0 cm³/mol. The normalized spacial score (nSPS) is 12.4.